The van der Waals surface area contributed by atoms with Crippen molar-refractivity contribution in [2.75, 3.05) is 0 Å². The van der Waals surface area contributed by atoms with E-state index < -0.39 is 0 Å². The van der Waals surface area contributed by atoms with Crippen molar-refractivity contribution in [3.8, 4) is 0 Å². The van der Waals surface area contributed by atoms with E-state index in [2.05, 4.69) is 62.2 Å². The Morgan fingerprint density at radius 2 is 1.70 bits per heavy atom. The normalized spacial score (nSPS) is 16.8. The van der Waals surface area contributed by atoms with E-state index in [0.29, 0.717) is 0 Å². The zero-order valence-corrected chi connectivity index (χ0v) is 14.3. The summed E-state index contributed by atoms with van der Waals surface area (Å²) in [5.41, 5.74) is 10.1. The van der Waals surface area contributed by atoms with E-state index >= 15 is 0 Å². The number of hydrogen-bond acceptors (Lipinski definition) is 1. The molecule has 0 radical (unpaired) electrons. The maximum absolute atomic E-state index is 6.41. The molecule has 20 heavy (non-hydrogen) atoms. The van der Waals surface area contributed by atoms with Crippen LogP contribution in [0.5, 0.6) is 0 Å². The fourth-order valence-corrected chi connectivity index (χ4v) is 3.52. The highest BCUT2D eigenvalue weighted by Crippen LogP contribution is 2.37. The second-order valence-electron chi connectivity index (χ2n) is 5.44. The van der Waals surface area contributed by atoms with Crippen LogP contribution < -0.4 is 5.73 Å². The van der Waals surface area contributed by atoms with Gasteiger partial charge in [0, 0.05) is 8.95 Å². The minimum absolute atomic E-state index is 0.0997. The second kappa shape index (κ2) is 6.00. The molecule has 0 amide bonds. The monoisotopic (exact) mass is 393 g/mol. The number of nitrogens with two attached hydrogens (primary N) is 1. The summed E-state index contributed by atoms with van der Waals surface area (Å²) >= 11 is 7.09. The molecule has 3 rings (SSSR count). The van der Waals surface area contributed by atoms with Crippen molar-refractivity contribution in [3.63, 3.8) is 0 Å². The van der Waals surface area contributed by atoms with Gasteiger partial charge in [-0.3, -0.25) is 0 Å². The molecule has 1 aliphatic rings. The lowest BCUT2D eigenvalue weighted by molar-refractivity contribution is 0.419. The van der Waals surface area contributed by atoms with E-state index in [4.69, 9.17) is 5.73 Å². The first-order valence-electron chi connectivity index (χ1n) is 6.95. The highest BCUT2D eigenvalue weighted by Gasteiger charge is 2.20. The van der Waals surface area contributed by atoms with Crippen LogP contribution in [0.25, 0.3) is 0 Å². The van der Waals surface area contributed by atoms with Crippen LogP contribution >= 0.6 is 31.9 Å². The molecule has 1 nitrogen and oxygen atoms in total. The summed E-state index contributed by atoms with van der Waals surface area (Å²) < 4.78 is 2.11. The smallest absolute Gasteiger partial charge is 0.0563 e. The average molecular weight is 395 g/mol. The van der Waals surface area contributed by atoms with Gasteiger partial charge in [0.25, 0.3) is 0 Å². The molecule has 0 saturated heterocycles. The predicted octanol–water partition coefficient (Wildman–Crippen LogP) is 5.53. The van der Waals surface area contributed by atoms with Gasteiger partial charge in [-0.1, -0.05) is 62.5 Å². The lowest BCUT2D eigenvalue weighted by Gasteiger charge is -2.26. The third-order valence-corrected chi connectivity index (χ3v) is 5.38. The van der Waals surface area contributed by atoms with Crippen molar-refractivity contribution < 1.29 is 0 Å². The first-order chi connectivity index (χ1) is 9.65. The van der Waals surface area contributed by atoms with Crippen molar-refractivity contribution >= 4 is 31.9 Å². The standard InChI is InChI=1S/C17H17Br2N/c18-14-8-9-16(19)15(10-14)17(20)13-6-4-12(5-7-13)11-2-1-3-11/h4-11,17H,1-3,20H2. The van der Waals surface area contributed by atoms with E-state index in [1.54, 1.807) is 0 Å². The predicted molar refractivity (Wildman–Crippen MR) is 90.9 cm³/mol. The van der Waals surface area contributed by atoms with Crippen molar-refractivity contribution in [2.45, 2.75) is 31.2 Å². The number of halogens is 2. The molecule has 2 aromatic carbocycles. The van der Waals surface area contributed by atoms with Crippen LogP contribution in [0.2, 0.25) is 0 Å². The molecule has 3 heteroatoms. The quantitative estimate of drug-likeness (QED) is 0.727. The van der Waals surface area contributed by atoms with Gasteiger partial charge in [0.2, 0.25) is 0 Å². The Morgan fingerprint density at radius 1 is 1.00 bits per heavy atom. The van der Waals surface area contributed by atoms with Gasteiger partial charge in [-0.2, -0.15) is 0 Å². The summed E-state index contributed by atoms with van der Waals surface area (Å²) in [6.07, 6.45) is 4.04. The van der Waals surface area contributed by atoms with Crippen LogP contribution in [-0.4, -0.2) is 0 Å². The van der Waals surface area contributed by atoms with Crippen molar-refractivity contribution in [1.82, 2.24) is 0 Å². The largest absolute Gasteiger partial charge is 0.320 e. The summed E-state index contributed by atoms with van der Waals surface area (Å²) in [6, 6.07) is 14.8. The van der Waals surface area contributed by atoms with Crippen molar-refractivity contribution in [2.24, 2.45) is 5.73 Å². The molecule has 2 aromatic rings. The Kier molecular flexibility index (Phi) is 4.29. The first-order valence-corrected chi connectivity index (χ1v) is 8.54. The molecule has 2 N–H and O–H groups in total. The molecule has 104 valence electrons. The topological polar surface area (TPSA) is 26.0 Å². The van der Waals surface area contributed by atoms with Gasteiger partial charge in [0.05, 0.1) is 6.04 Å². The van der Waals surface area contributed by atoms with E-state index in [0.717, 1.165) is 26.0 Å². The molecular formula is C17H17Br2N. The van der Waals surface area contributed by atoms with Gasteiger partial charge < -0.3 is 5.73 Å². The van der Waals surface area contributed by atoms with E-state index in [9.17, 15) is 0 Å². The molecule has 0 aliphatic heterocycles. The van der Waals surface area contributed by atoms with E-state index in [-0.39, 0.29) is 6.04 Å². The van der Waals surface area contributed by atoms with Crippen molar-refractivity contribution in [1.29, 1.82) is 0 Å². The molecule has 0 bridgehead atoms. The van der Waals surface area contributed by atoms with E-state index in [1.165, 1.54) is 24.8 Å². The SMILES string of the molecule is NC(c1ccc(C2CCC2)cc1)c1cc(Br)ccc1Br. The number of benzene rings is 2. The molecule has 1 unspecified atom stereocenters. The first kappa shape index (κ1) is 14.3. The molecule has 0 aromatic heterocycles. The summed E-state index contributed by atoms with van der Waals surface area (Å²) in [5, 5.41) is 0. The fraction of sp³-hybridized carbons (Fsp3) is 0.294. The highest BCUT2D eigenvalue weighted by molar-refractivity contribution is 9.11. The van der Waals surface area contributed by atoms with Crippen LogP contribution in [0.1, 0.15) is 47.9 Å². The van der Waals surface area contributed by atoms with Crippen LogP contribution in [0.4, 0.5) is 0 Å². The Labute approximate surface area is 136 Å². The molecular weight excluding hydrogens is 378 g/mol. The highest BCUT2D eigenvalue weighted by atomic mass is 79.9. The van der Waals surface area contributed by atoms with Crippen LogP contribution in [0.15, 0.2) is 51.4 Å². The Bertz CT molecular complexity index is 603. The van der Waals surface area contributed by atoms with Gasteiger partial charge in [-0.15, -0.1) is 0 Å². The van der Waals surface area contributed by atoms with Gasteiger partial charge >= 0.3 is 0 Å². The lowest BCUT2D eigenvalue weighted by atomic mass is 9.79. The lowest BCUT2D eigenvalue weighted by Crippen LogP contribution is -2.13. The minimum Gasteiger partial charge on any atom is -0.320 e. The number of hydrogen-bond donors (Lipinski definition) is 1. The molecule has 1 saturated carbocycles. The van der Waals surface area contributed by atoms with Gasteiger partial charge in [0.15, 0.2) is 0 Å². The Hall–Kier alpha value is -0.640. The van der Waals surface area contributed by atoms with Crippen molar-refractivity contribution in [3.05, 3.63) is 68.1 Å². The van der Waals surface area contributed by atoms with Crippen LogP contribution in [0.3, 0.4) is 0 Å². The summed E-state index contributed by atoms with van der Waals surface area (Å²) in [6.45, 7) is 0. The Morgan fingerprint density at radius 3 is 2.30 bits per heavy atom. The third kappa shape index (κ3) is 2.85. The summed E-state index contributed by atoms with van der Waals surface area (Å²) in [7, 11) is 0. The summed E-state index contributed by atoms with van der Waals surface area (Å²) in [5.74, 6) is 0.776. The van der Waals surface area contributed by atoms with Gasteiger partial charge in [0.1, 0.15) is 0 Å². The maximum Gasteiger partial charge on any atom is 0.0563 e. The molecule has 1 atom stereocenters. The van der Waals surface area contributed by atoms with Gasteiger partial charge in [-0.25, -0.2) is 0 Å². The fourth-order valence-electron chi connectivity index (χ4n) is 2.65. The molecule has 0 spiro atoms. The zero-order valence-electron chi connectivity index (χ0n) is 11.2. The maximum atomic E-state index is 6.41. The van der Waals surface area contributed by atoms with E-state index in [1.807, 2.05) is 12.1 Å². The molecule has 1 aliphatic carbocycles. The van der Waals surface area contributed by atoms with Crippen LogP contribution in [0, 0.1) is 0 Å². The second-order valence-corrected chi connectivity index (χ2v) is 7.21. The molecule has 1 fully saturated rings. The van der Waals surface area contributed by atoms with Crippen LogP contribution in [-0.2, 0) is 0 Å². The Balaban J connectivity index is 1.85. The average Bonchev–Trinajstić information content (AvgIpc) is 2.40. The number of rotatable bonds is 3. The van der Waals surface area contributed by atoms with Gasteiger partial charge in [-0.05, 0) is 53.6 Å². The molecule has 0 heterocycles. The summed E-state index contributed by atoms with van der Waals surface area (Å²) in [4.78, 5) is 0. The zero-order chi connectivity index (χ0) is 14.1. The third-order valence-electron chi connectivity index (χ3n) is 4.17. The minimum atomic E-state index is -0.0997.